The van der Waals surface area contributed by atoms with Crippen LogP contribution in [0.3, 0.4) is 0 Å². The maximum absolute atomic E-state index is 13.5. The van der Waals surface area contributed by atoms with Gasteiger partial charge in [-0.25, -0.2) is 4.98 Å². The SMILES string of the molecule is CCNc1ncc(F)c(OC/C=C/c2ccccc2)n1. The van der Waals surface area contributed by atoms with Gasteiger partial charge in [0.2, 0.25) is 11.8 Å². The molecule has 20 heavy (non-hydrogen) atoms. The van der Waals surface area contributed by atoms with E-state index in [9.17, 15) is 4.39 Å². The molecule has 0 aliphatic heterocycles. The Hall–Kier alpha value is -2.43. The van der Waals surface area contributed by atoms with Crippen molar-refractivity contribution in [3.05, 3.63) is 54.0 Å². The molecule has 1 N–H and O–H groups in total. The Balaban J connectivity index is 1.93. The second-order valence-corrected chi connectivity index (χ2v) is 4.00. The number of nitrogens with one attached hydrogen (secondary N) is 1. The van der Waals surface area contributed by atoms with Crippen LogP contribution in [0, 0.1) is 5.82 Å². The fourth-order valence-corrected chi connectivity index (χ4v) is 1.57. The molecule has 0 radical (unpaired) electrons. The second kappa shape index (κ2) is 7.23. The Morgan fingerprint density at radius 3 is 2.85 bits per heavy atom. The van der Waals surface area contributed by atoms with Gasteiger partial charge in [-0.3, -0.25) is 0 Å². The minimum atomic E-state index is -0.570. The maximum atomic E-state index is 13.5. The van der Waals surface area contributed by atoms with Crippen LogP contribution in [0.15, 0.2) is 42.6 Å². The van der Waals surface area contributed by atoms with E-state index in [1.54, 1.807) is 0 Å². The first-order chi connectivity index (χ1) is 9.79. The number of aromatic nitrogens is 2. The quantitative estimate of drug-likeness (QED) is 0.878. The molecule has 0 bridgehead atoms. The van der Waals surface area contributed by atoms with Crippen molar-refractivity contribution in [3.63, 3.8) is 0 Å². The van der Waals surface area contributed by atoms with Crippen LogP contribution in [-0.4, -0.2) is 23.1 Å². The van der Waals surface area contributed by atoms with E-state index < -0.39 is 5.82 Å². The third kappa shape index (κ3) is 4.05. The van der Waals surface area contributed by atoms with Crippen molar-refractivity contribution >= 4 is 12.0 Å². The third-order valence-corrected chi connectivity index (χ3v) is 2.47. The lowest BCUT2D eigenvalue weighted by atomic mass is 10.2. The fraction of sp³-hybridized carbons (Fsp3) is 0.200. The molecule has 0 saturated carbocycles. The van der Waals surface area contributed by atoms with Gasteiger partial charge in [-0.15, -0.1) is 0 Å². The highest BCUT2D eigenvalue weighted by atomic mass is 19.1. The molecule has 104 valence electrons. The molecule has 5 heteroatoms. The zero-order valence-corrected chi connectivity index (χ0v) is 11.2. The lowest BCUT2D eigenvalue weighted by molar-refractivity contribution is 0.326. The molecule has 0 fully saturated rings. The average molecular weight is 273 g/mol. The number of hydrogen-bond donors (Lipinski definition) is 1. The molecule has 0 amide bonds. The highest BCUT2D eigenvalue weighted by Gasteiger charge is 2.06. The molecule has 1 aromatic heterocycles. The minimum absolute atomic E-state index is 0.0475. The zero-order valence-electron chi connectivity index (χ0n) is 11.2. The molecule has 2 aromatic rings. The lowest BCUT2D eigenvalue weighted by Crippen LogP contribution is -2.06. The summed E-state index contributed by atoms with van der Waals surface area (Å²) in [5.41, 5.74) is 1.06. The molecule has 2 rings (SSSR count). The molecule has 4 nitrogen and oxygen atoms in total. The van der Waals surface area contributed by atoms with Gasteiger partial charge in [0, 0.05) is 6.54 Å². The summed E-state index contributed by atoms with van der Waals surface area (Å²) >= 11 is 0. The van der Waals surface area contributed by atoms with Crippen LogP contribution >= 0.6 is 0 Å². The number of anilines is 1. The van der Waals surface area contributed by atoms with Crippen molar-refractivity contribution in [2.24, 2.45) is 0 Å². The smallest absolute Gasteiger partial charge is 0.255 e. The second-order valence-electron chi connectivity index (χ2n) is 4.00. The van der Waals surface area contributed by atoms with Crippen molar-refractivity contribution < 1.29 is 9.13 Å². The van der Waals surface area contributed by atoms with Gasteiger partial charge < -0.3 is 10.1 Å². The van der Waals surface area contributed by atoms with Gasteiger partial charge >= 0.3 is 0 Å². The molecular weight excluding hydrogens is 257 g/mol. The minimum Gasteiger partial charge on any atom is -0.471 e. The Morgan fingerprint density at radius 2 is 2.10 bits per heavy atom. The van der Waals surface area contributed by atoms with Gasteiger partial charge in [0.05, 0.1) is 6.20 Å². The first-order valence-electron chi connectivity index (χ1n) is 6.40. The van der Waals surface area contributed by atoms with Crippen LogP contribution in [0.5, 0.6) is 5.88 Å². The van der Waals surface area contributed by atoms with Crippen LogP contribution in [0.4, 0.5) is 10.3 Å². The van der Waals surface area contributed by atoms with Crippen LogP contribution in [0.1, 0.15) is 12.5 Å². The summed E-state index contributed by atoms with van der Waals surface area (Å²) < 4.78 is 18.8. The van der Waals surface area contributed by atoms with E-state index in [-0.39, 0.29) is 12.5 Å². The molecule has 1 heterocycles. The summed E-state index contributed by atoms with van der Waals surface area (Å²) in [6.07, 6.45) is 4.81. The van der Waals surface area contributed by atoms with E-state index in [1.165, 1.54) is 0 Å². The Labute approximate surface area is 117 Å². The largest absolute Gasteiger partial charge is 0.471 e. The number of benzene rings is 1. The van der Waals surface area contributed by atoms with E-state index >= 15 is 0 Å². The number of ether oxygens (including phenoxy) is 1. The predicted molar refractivity (Wildman–Crippen MR) is 77.1 cm³/mol. The number of halogens is 1. The molecule has 0 spiro atoms. The Morgan fingerprint density at radius 1 is 1.30 bits per heavy atom. The van der Waals surface area contributed by atoms with E-state index in [0.29, 0.717) is 12.5 Å². The van der Waals surface area contributed by atoms with Gasteiger partial charge in [0.1, 0.15) is 6.61 Å². The van der Waals surface area contributed by atoms with E-state index in [2.05, 4.69) is 15.3 Å². The molecule has 0 saturated heterocycles. The van der Waals surface area contributed by atoms with E-state index in [4.69, 9.17) is 4.74 Å². The third-order valence-electron chi connectivity index (χ3n) is 2.47. The van der Waals surface area contributed by atoms with Crippen molar-refractivity contribution in [1.82, 2.24) is 9.97 Å². The van der Waals surface area contributed by atoms with E-state index in [1.807, 2.05) is 49.4 Å². The Kier molecular flexibility index (Phi) is 5.06. The van der Waals surface area contributed by atoms with Gasteiger partial charge in [-0.05, 0) is 18.6 Å². The van der Waals surface area contributed by atoms with Crippen LogP contribution in [0.25, 0.3) is 6.08 Å². The lowest BCUT2D eigenvalue weighted by Gasteiger charge is -2.06. The van der Waals surface area contributed by atoms with Crippen molar-refractivity contribution in [1.29, 1.82) is 0 Å². The summed E-state index contributed by atoms with van der Waals surface area (Å²) in [5.74, 6) is -0.260. The topological polar surface area (TPSA) is 47.0 Å². The van der Waals surface area contributed by atoms with Crippen molar-refractivity contribution in [3.8, 4) is 5.88 Å². The molecule has 0 aliphatic rings. The first kappa shape index (κ1) is 14.0. The van der Waals surface area contributed by atoms with Crippen molar-refractivity contribution in [2.75, 3.05) is 18.5 Å². The highest BCUT2D eigenvalue weighted by Crippen LogP contribution is 2.14. The van der Waals surface area contributed by atoms with Crippen LogP contribution in [0.2, 0.25) is 0 Å². The summed E-state index contributed by atoms with van der Waals surface area (Å²) in [4.78, 5) is 7.76. The molecular formula is C15H16FN3O. The molecule has 1 aromatic carbocycles. The average Bonchev–Trinajstić information content (AvgIpc) is 2.48. The Bertz CT molecular complexity index is 573. The van der Waals surface area contributed by atoms with Gasteiger partial charge in [-0.1, -0.05) is 36.4 Å². The molecule has 0 atom stereocenters. The van der Waals surface area contributed by atoms with Gasteiger partial charge in [-0.2, -0.15) is 9.37 Å². The van der Waals surface area contributed by atoms with E-state index in [0.717, 1.165) is 11.8 Å². The van der Waals surface area contributed by atoms with Crippen LogP contribution < -0.4 is 10.1 Å². The highest BCUT2D eigenvalue weighted by molar-refractivity contribution is 5.48. The number of rotatable bonds is 6. The summed E-state index contributed by atoms with van der Waals surface area (Å²) in [6, 6.07) is 9.81. The summed E-state index contributed by atoms with van der Waals surface area (Å²) in [7, 11) is 0. The first-order valence-corrected chi connectivity index (χ1v) is 6.40. The number of nitrogens with zero attached hydrogens (tertiary/aromatic N) is 2. The summed E-state index contributed by atoms with van der Waals surface area (Å²) in [5, 5.41) is 2.90. The fourth-order valence-electron chi connectivity index (χ4n) is 1.57. The number of hydrogen-bond acceptors (Lipinski definition) is 4. The van der Waals surface area contributed by atoms with Gasteiger partial charge in [0.25, 0.3) is 5.88 Å². The molecule has 0 unspecified atom stereocenters. The molecule has 0 aliphatic carbocycles. The van der Waals surface area contributed by atoms with Crippen molar-refractivity contribution in [2.45, 2.75) is 6.92 Å². The summed E-state index contributed by atoms with van der Waals surface area (Å²) in [6.45, 7) is 2.82. The standard InChI is InChI=1S/C15H16FN3O/c1-2-17-15-18-11-13(16)14(19-15)20-10-6-9-12-7-4-3-5-8-12/h3-9,11H,2,10H2,1H3,(H,17,18,19)/b9-6+. The van der Waals surface area contributed by atoms with Crippen LogP contribution in [-0.2, 0) is 0 Å². The monoisotopic (exact) mass is 273 g/mol. The predicted octanol–water partition coefficient (Wildman–Crippen LogP) is 3.14. The zero-order chi connectivity index (χ0) is 14.2. The van der Waals surface area contributed by atoms with Gasteiger partial charge in [0.15, 0.2) is 0 Å². The normalized spacial score (nSPS) is 10.7. The maximum Gasteiger partial charge on any atom is 0.255 e.